The Morgan fingerprint density at radius 1 is 1.09 bits per heavy atom. The smallest absolute Gasteiger partial charge is 0.234 e. The summed E-state index contributed by atoms with van der Waals surface area (Å²) < 4.78 is 26.4. The number of para-hydroxylation sites is 1. The summed E-state index contributed by atoms with van der Waals surface area (Å²) >= 11 is 0. The summed E-state index contributed by atoms with van der Waals surface area (Å²) in [6.07, 6.45) is 4.74. The van der Waals surface area contributed by atoms with Crippen LogP contribution in [0.15, 0.2) is 30.3 Å². The highest BCUT2D eigenvalue weighted by Crippen LogP contribution is 2.55. The Morgan fingerprint density at radius 3 is 2.36 bits per heavy atom. The predicted molar refractivity (Wildman–Crippen MR) is 85.8 cm³/mol. The van der Waals surface area contributed by atoms with E-state index in [1.807, 2.05) is 6.07 Å². The Kier molecular flexibility index (Phi) is 4.38. The van der Waals surface area contributed by atoms with Crippen LogP contribution in [0, 0.1) is 17.8 Å². The highest BCUT2D eigenvalue weighted by Gasteiger charge is 2.54. The molecule has 2 aliphatic carbocycles. The molecule has 0 aromatic heterocycles. The van der Waals surface area contributed by atoms with E-state index in [0.29, 0.717) is 17.5 Å². The molecule has 1 aromatic rings. The number of amides is 1. The molecule has 120 valence electrons. The van der Waals surface area contributed by atoms with E-state index in [1.54, 1.807) is 24.3 Å². The van der Waals surface area contributed by atoms with Crippen LogP contribution >= 0.6 is 0 Å². The Morgan fingerprint density at radius 2 is 1.73 bits per heavy atom. The Bertz CT molecular complexity index is 618. The van der Waals surface area contributed by atoms with Crippen molar-refractivity contribution < 1.29 is 13.2 Å². The number of sulfonamides is 1. The molecule has 1 amide bonds. The van der Waals surface area contributed by atoms with Gasteiger partial charge in [0.2, 0.25) is 15.9 Å². The minimum atomic E-state index is -3.43. The molecule has 2 atom stereocenters. The number of rotatable bonds is 6. The molecule has 0 bridgehead atoms. The highest BCUT2D eigenvalue weighted by atomic mass is 32.2. The predicted octanol–water partition coefficient (Wildman–Crippen LogP) is 1.98. The minimum Gasteiger partial charge on any atom is -0.355 e. The van der Waals surface area contributed by atoms with Gasteiger partial charge in [-0.15, -0.1) is 0 Å². The molecule has 0 saturated heterocycles. The quantitative estimate of drug-likeness (QED) is 0.841. The molecule has 5 nitrogen and oxygen atoms in total. The van der Waals surface area contributed by atoms with Crippen molar-refractivity contribution in [3.8, 4) is 0 Å². The maximum atomic E-state index is 12.1. The van der Waals surface area contributed by atoms with Gasteiger partial charge in [0.05, 0.1) is 5.75 Å². The molecule has 2 saturated carbocycles. The molecule has 0 radical (unpaired) electrons. The topological polar surface area (TPSA) is 75.3 Å². The van der Waals surface area contributed by atoms with Crippen molar-refractivity contribution in [1.82, 2.24) is 5.32 Å². The monoisotopic (exact) mass is 322 g/mol. The summed E-state index contributed by atoms with van der Waals surface area (Å²) in [6, 6.07) is 8.77. The van der Waals surface area contributed by atoms with Crippen molar-refractivity contribution in [3.05, 3.63) is 30.3 Å². The first-order chi connectivity index (χ1) is 10.6. The van der Waals surface area contributed by atoms with E-state index in [2.05, 4.69) is 10.0 Å². The van der Waals surface area contributed by atoms with Crippen LogP contribution in [0.2, 0.25) is 0 Å². The fourth-order valence-corrected chi connectivity index (χ4v) is 4.51. The average Bonchev–Trinajstić information content (AvgIpc) is 3.22. The normalized spacial score (nSPS) is 26.8. The summed E-state index contributed by atoms with van der Waals surface area (Å²) in [7, 11) is -3.43. The number of carbonyl (C=O) groups excluding carboxylic acids is 1. The first-order valence-corrected chi connectivity index (χ1v) is 9.55. The first-order valence-electron chi connectivity index (χ1n) is 7.90. The standard InChI is InChI=1S/C16H22N2O3S/c19-16(15-13-8-4-5-9-14(13)15)17-10-11-22(20,21)18-12-6-2-1-3-7-12/h1-3,6-7,13-15,18H,4-5,8-11H2,(H,17,19)/t13-,14-/m1/s1. The van der Waals surface area contributed by atoms with Gasteiger partial charge < -0.3 is 5.32 Å². The molecule has 1 aromatic carbocycles. The van der Waals surface area contributed by atoms with Crippen LogP contribution in [0.3, 0.4) is 0 Å². The van der Waals surface area contributed by atoms with E-state index in [-0.39, 0.29) is 24.1 Å². The van der Waals surface area contributed by atoms with Crippen molar-refractivity contribution in [3.63, 3.8) is 0 Å². The largest absolute Gasteiger partial charge is 0.355 e. The fraction of sp³-hybridized carbons (Fsp3) is 0.562. The van der Waals surface area contributed by atoms with Gasteiger partial charge in [0, 0.05) is 18.2 Å². The van der Waals surface area contributed by atoms with Crippen LogP contribution in [-0.4, -0.2) is 26.6 Å². The summed E-state index contributed by atoms with van der Waals surface area (Å²) in [4.78, 5) is 12.1. The lowest BCUT2D eigenvalue weighted by Crippen LogP contribution is -2.32. The first kappa shape index (κ1) is 15.3. The second-order valence-electron chi connectivity index (χ2n) is 6.22. The molecular formula is C16H22N2O3S. The second kappa shape index (κ2) is 6.28. The second-order valence-corrected chi connectivity index (χ2v) is 8.06. The summed E-state index contributed by atoms with van der Waals surface area (Å²) in [6.45, 7) is 0.164. The molecule has 0 spiro atoms. The van der Waals surface area contributed by atoms with Crippen LogP contribution in [-0.2, 0) is 14.8 Å². The fourth-order valence-electron chi connectivity index (χ4n) is 3.54. The Labute approximate surface area is 131 Å². The van der Waals surface area contributed by atoms with Crippen LogP contribution in [0.5, 0.6) is 0 Å². The Balaban J connectivity index is 1.43. The molecule has 6 heteroatoms. The summed E-state index contributed by atoms with van der Waals surface area (Å²) in [5.74, 6) is 1.16. The third kappa shape index (κ3) is 3.61. The number of nitrogens with one attached hydrogen (secondary N) is 2. The van der Waals surface area contributed by atoms with E-state index >= 15 is 0 Å². The number of hydrogen-bond donors (Lipinski definition) is 2. The van der Waals surface area contributed by atoms with Crippen LogP contribution in [0.25, 0.3) is 0 Å². The highest BCUT2D eigenvalue weighted by molar-refractivity contribution is 7.92. The molecular weight excluding hydrogens is 300 g/mol. The summed E-state index contributed by atoms with van der Waals surface area (Å²) in [5, 5.41) is 2.78. The minimum absolute atomic E-state index is 0.0341. The zero-order valence-corrected chi connectivity index (χ0v) is 13.3. The van der Waals surface area contributed by atoms with Gasteiger partial charge in [-0.1, -0.05) is 31.0 Å². The SMILES string of the molecule is O=C(NCCS(=O)(=O)Nc1ccccc1)C1[C@@H]2CCCC[C@@H]12. The van der Waals surface area contributed by atoms with E-state index in [1.165, 1.54) is 12.8 Å². The van der Waals surface area contributed by atoms with Crippen molar-refractivity contribution in [2.45, 2.75) is 25.7 Å². The number of carbonyl (C=O) groups is 1. The van der Waals surface area contributed by atoms with Crippen molar-refractivity contribution in [2.75, 3.05) is 17.0 Å². The van der Waals surface area contributed by atoms with Gasteiger partial charge in [0.1, 0.15) is 0 Å². The lowest BCUT2D eigenvalue weighted by molar-refractivity contribution is -0.122. The van der Waals surface area contributed by atoms with Gasteiger partial charge in [-0.2, -0.15) is 0 Å². The zero-order chi connectivity index (χ0) is 15.6. The number of anilines is 1. The molecule has 2 N–H and O–H groups in total. The Hall–Kier alpha value is -1.56. The van der Waals surface area contributed by atoms with Gasteiger partial charge in [-0.25, -0.2) is 8.42 Å². The van der Waals surface area contributed by atoms with E-state index in [9.17, 15) is 13.2 Å². The number of benzene rings is 1. The van der Waals surface area contributed by atoms with Crippen LogP contribution in [0.4, 0.5) is 5.69 Å². The van der Waals surface area contributed by atoms with E-state index in [0.717, 1.165) is 12.8 Å². The maximum Gasteiger partial charge on any atom is 0.234 e. The third-order valence-corrected chi connectivity index (χ3v) is 5.96. The molecule has 0 aliphatic heterocycles. The maximum absolute atomic E-state index is 12.1. The van der Waals surface area contributed by atoms with Crippen molar-refractivity contribution in [2.24, 2.45) is 17.8 Å². The summed E-state index contributed by atoms with van der Waals surface area (Å²) in [5.41, 5.74) is 0.544. The molecule has 22 heavy (non-hydrogen) atoms. The van der Waals surface area contributed by atoms with Crippen LogP contribution < -0.4 is 10.0 Å². The van der Waals surface area contributed by atoms with Crippen molar-refractivity contribution >= 4 is 21.6 Å². The van der Waals surface area contributed by atoms with Crippen LogP contribution in [0.1, 0.15) is 25.7 Å². The molecule has 0 heterocycles. The average molecular weight is 322 g/mol. The zero-order valence-electron chi connectivity index (χ0n) is 12.5. The number of hydrogen-bond acceptors (Lipinski definition) is 3. The lowest BCUT2D eigenvalue weighted by Gasteiger charge is -2.08. The molecule has 2 fully saturated rings. The third-order valence-electron chi connectivity index (χ3n) is 4.68. The van der Waals surface area contributed by atoms with Gasteiger partial charge >= 0.3 is 0 Å². The van der Waals surface area contributed by atoms with Crippen molar-refractivity contribution in [1.29, 1.82) is 0 Å². The molecule has 2 aliphatic rings. The molecule has 0 unspecified atom stereocenters. The number of fused-ring (bicyclic) bond motifs is 1. The van der Waals surface area contributed by atoms with Gasteiger partial charge in [-0.05, 0) is 36.8 Å². The van der Waals surface area contributed by atoms with E-state index < -0.39 is 10.0 Å². The van der Waals surface area contributed by atoms with Gasteiger partial charge in [-0.3, -0.25) is 9.52 Å². The van der Waals surface area contributed by atoms with E-state index in [4.69, 9.17) is 0 Å². The van der Waals surface area contributed by atoms with Gasteiger partial charge in [0.25, 0.3) is 0 Å². The molecule has 3 rings (SSSR count). The van der Waals surface area contributed by atoms with Gasteiger partial charge in [0.15, 0.2) is 0 Å². The lowest BCUT2D eigenvalue weighted by atomic mass is 10.0.